The molecular formula is C12H26Cl2NNiP. The first kappa shape index (κ1) is 20.5. The Balaban J connectivity index is 0. The molecule has 0 radical (unpaired) electrons. The summed E-state index contributed by atoms with van der Waals surface area (Å²) in [5, 5.41) is 0. The van der Waals surface area contributed by atoms with Crippen LogP contribution in [0.5, 0.6) is 0 Å². The molecule has 0 aliphatic heterocycles. The number of halogens is 2. The van der Waals surface area contributed by atoms with Gasteiger partial charge in [0.05, 0.1) is 0 Å². The van der Waals surface area contributed by atoms with Gasteiger partial charge in [-0.05, 0) is 31.6 Å². The molecule has 0 rings (SSSR count). The molecule has 17 heavy (non-hydrogen) atoms. The van der Waals surface area contributed by atoms with Gasteiger partial charge < -0.3 is 4.90 Å². The fraction of sp³-hybridized carbons (Fsp3) is 0.833. The van der Waals surface area contributed by atoms with E-state index in [4.69, 9.17) is 20.4 Å². The van der Waals surface area contributed by atoms with E-state index in [1.165, 1.54) is 6.16 Å². The molecule has 0 aliphatic carbocycles. The van der Waals surface area contributed by atoms with Crippen molar-refractivity contribution in [2.45, 2.75) is 39.0 Å². The van der Waals surface area contributed by atoms with Crippen LogP contribution in [-0.4, -0.2) is 43.0 Å². The van der Waals surface area contributed by atoms with Crippen molar-refractivity contribution in [1.29, 1.82) is 0 Å². The van der Waals surface area contributed by atoms with Gasteiger partial charge in [0.15, 0.2) is 0 Å². The predicted molar refractivity (Wildman–Crippen MR) is 81.5 cm³/mol. The first-order chi connectivity index (χ1) is 7.86. The third-order valence-electron chi connectivity index (χ3n) is 2.28. The van der Waals surface area contributed by atoms with Crippen molar-refractivity contribution in [3.05, 3.63) is 12.2 Å². The maximum atomic E-state index is 4.70. The van der Waals surface area contributed by atoms with Crippen LogP contribution < -0.4 is 0 Å². The van der Waals surface area contributed by atoms with Crippen LogP contribution in [0.1, 0.15) is 27.7 Å². The number of allylic oxidation sites excluding steroid dienone is 1. The molecule has 0 aromatic heterocycles. The molecule has 0 heterocycles. The second-order valence-corrected chi connectivity index (χ2v) is 9.75. The molecule has 0 N–H and O–H groups in total. The normalized spacial score (nSPS) is 12.0. The number of likely N-dealkylation sites (N-methyl/N-ethyl adjacent to an activating group) is 1. The van der Waals surface area contributed by atoms with E-state index in [1.807, 2.05) is 0 Å². The Kier molecular flexibility index (Phi) is 16.5. The first-order valence-corrected chi connectivity index (χ1v) is 10.1. The molecule has 1 nitrogen and oxygen atoms in total. The molecule has 0 bridgehead atoms. The van der Waals surface area contributed by atoms with Gasteiger partial charge in [-0.25, -0.2) is 0 Å². The van der Waals surface area contributed by atoms with Crippen molar-refractivity contribution in [1.82, 2.24) is 4.90 Å². The topological polar surface area (TPSA) is 3.24 Å². The molecule has 0 fully saturated rings. The van der Waals surface area contributed by atoms with Crippen molar-refractivity contribution in [2.24, 2.45) is 0 Å². The van der Waals surface area contributed by atoms with E-state index in [0.717, 1.165) is 17.9 Å². The number of hydrogen-bond acceptors (Lipinski definition) is 1. The van der Waals surface area contributed by atoms with Gasteiger partial charge in [-0.15, -0.1) is 0 Å². The Morgan fingerprint density at radius 3 is 1.76 bits per heavy atom. The minimum atomic E-state index is 0.185. The van der Waals surface area contributed by atoms with Gasteiger partial charge in [0, 0.05) is 6.54 Å². The summed E-state index contributed by atoms with van der Waals surface area (Å²) < 4.78 is 0. The second-order valence-electron chi connectivity index (χ2n) is 4.66. The van der Waals surface area contributed by atoms with Gasteiger partial charge in [-0.1, -0.05) is 47.8 Å². The predicted octanol–water partition coefficient (Wildman–Crippen LogP) is 4.78. The molecule has 0 aliphatic rings. The van der Waals surface area contributed by atoms with E-state index in [2.05, 4.69) is 58.8 Å². The molecule has 108 valence electrons. The quantitative estimate of drug-likeness (QED) is 0.381. The summed E-state index contributed by atoms with van der Waals surface area (Å²) in [6.45, 7) is 10.5. The zero-order chi connectivity index (χ0) is 13.8. The summed E-state index contributed by atoms with van der Waals surface area (Å²) in [4.78, 5) is 2.20. The molecule has 0 aromatic rings. The van der Waals surface area contributed by atoms with E-state index in [-0.39, 0.29) is 7.92 Å². The molecule has 0 unspecified atom stereocenters. The number of nitrogens with zero attached hydrogens (tertiary/aromatic N) is 1. The summed E-state index contributed by atoms with van der Waals surface area (Å²) in [5.41, 5.74) is 1.71. The van der Waals surface area contributed by atoms with E-state index >= 15 is 0 Å². The Morgan fingerprint density at radius 1 is 1.06 bits per heavy atom. The molecule has 0 aromatic carbocycles. The Hall–Kier alpha value is 1.20. The van der Waals surface area contributed by atoms with Gasteiger partial charge in [0.25, 0.3) is 0 Å². The van der Waals surface area contributed by atoms with Crippen LogP contribution in [0, 0.1) is 0 Å². The molecule has 0 amide bonds. The third-order valence-corrected chi connectivity index (χ3v) is 5.57. The summed E-state index contributed by atoms with van der Waals surface area (Å²) in [7, 11) is 13.8. The second kappa shape index (κ2) is 13.6. The van der Waals surface area contributed by atoms with Crippen LogP contribution in [-0.2, 0) is 12.7 Å². The van der Waals surface area contributed by atoms with Crippen LogP contribution in [0.15, 0.2) is 12.2 Å². The van der Waals surface area contributed by atoms with E-state index in [0.29, 0.717) is 12.7 Å². The number of rotatable bonds is 6. The monoisotopic (exact) mass is 343 g/mol. The molecule has 0 spiro atoms. The molecule has 0 saturated carbocycles. The van der Waals surface area contributed by atoms with Crippen molar-refractivity contribution in [3.8, 4) is 0 Å². The van der Waals surface area contributed by atoms with Crippen molar-refractivity contribution in [2.75, 3.05) is 26.8 Å². The fourth-order valence-corrected chi connectivity index (χ4v) is 3.93. The summed E-state index contributed by atoms with van der Waals surface area (Å²) >= 11 is 0.569. The standard InChI is InChI=1S/C12H26NP.2ClH.Ni/c1-11(2)14(12(3)4)10-8-7-9-13(5)6;;;/h7-8,11-12H,9-10H2,1-6H3;2*1H;/q;;;+2/p-2. The van der Waals surface area contributed by atoms with Crippen molar-refractivity contribution in [3.63, 3.8) is 0 Å². The SMILES string of the molecule is CC(C)P(CC=CCN(C)C)C(C)C.[Cl][Ni][Cl]. The zero-order valence-electron chi connectivity index (χ0n) is 11.7. The summed E-state index contributed by atoms with van der Waals surface area (Å²) in [5.74, 6) is 0. The molecule has 0 atom stereocenters. The third kappa shape index (κ3) is 15.1. The average molecular weight is 345 g/mol. The summed E-state index contributed by atoms with van der Waals surface area (Å²) in [6, 6.07) is 0. The minimum absolute atomic E-state index is 0.185. The van der Waals surface area contributed by atoms with Crippen molar-refractivity contribution >= 4 is 28.3 Å². The Bertz CT molecular complexity index is 179. The fourth-order valence-electron chi connectivity index (χ4n) is 1.50. The van der Waals surface area contributed by atoms with Crippen LogP contribution in [0.25, 0.3) is 0 Å². The van der Waals surface area contributed by atoms with Crippen LogP contribution in [0.4, 0.5) is 0 Å². The van der Waals surface area contributed by atoms with Crippen LogP contribution in [0.3, 0.4) is 0 Å². The Morgan fingerprint density at radius 2 is 1.47 bits per heavy atom. The average Bonchev–Trinajstić information content (AvgIpc) is 2.16. The van der Waals surface area contributed by atoms with Crippen LogP contribution in [0.2, 0.25) is 0 Å². The van der Waals surface area contributed by atoms with Gasteiger partial charge in [-0.2, -0.15) is 0 Å². The van der Waals surface area contributed by atoms with Gasteiger partial charge in [-0.3, -0.25) is 0 Å². The van der Waals surface area contributed by atoms with E-state index in [9.17, 15) is 0 Å². The van der Waals surface area contributed by atoms with Crippen LogP contribution >= 0.6 is 28.3 Å². The van der Waals surface area contributed by atoms with Crippen molar-refractivity contribution < 1.29 is 12.7 Å². The number of hydrogen-bond donors (Lipinski definition) is 0. The first-order valence-electron chi connectivity index (χ1n) is 5.74. The Labute approximate surface area is 123 Å². The van der Waals surface area contributed by atoms with Gasteiger partial charge >= 0.3 is 33.0 Å². The van der Waals surface area contributed by atoms with E-state index < -0.39 is 0 Å². The summed E-state index contributed by atoms with van der Waals surface area (Å²) in [6.07, 6.45) is 5.95. The molecule has 0 saturated heterocycles. The van der Waals surface area contributed by atoms with E-state index in [1.54, 1.807) is 0 Å². The zero-order valence-corrected chi connectivity index (χ0v) is 15.1. The molecular weight excluding hydrogens is 319 g/mol. The van der Waals surface area contributed by atoms with Gasteiger partial charge in [0.1, 0.15) is 0 Å². The maximum absolute atomic E-state index is 4.70. The van der Waals surface area contributed by atoms with Gasteiger partial charge in [0.2, 0.25) is 0 Å². The molecule has 5 heteroatoms.